The van der Waals surface area contributed by atoms with Gasteiger partial charge in [-0.05, 0) is 109 Å². The van der Waals surface area contributed by atoms with Gasteiger partial charge in [-0.2, -0.15) is 8.42 Å². The van der Waals surface area contributed by atoms with E-state index in [-0.39, 0.29) is 37.2 Å². The van der Waals surface area contributed by atoms with Crippen LogP contribution >= 0.6 is 0 Å². The van der Waals surface area contributed by atoms with Gasteiger partial charge in [-0.25, -0.2) is 0 Å². The zero-order chi connectivity index (χ0) is 36.2. The molecule has 2 aromatic carbocycles. The van der Waals surface area contributed by atoms with Crippen molar-refractivity contribution in [2.24, 2.45) is 23.7 Å². The summed E-state index contributed by atoms with van der Waals surface area (Å²) in [5.41, 5.74) is 4.80. The molecule has 0 saturated carbocycles. The maximum atomic E-state index is 10.6. The fourth-order valence-corrected chi connectivity index (χ4v) is 8.22. The van der Waals surface area contributed by atoms with Gasteiger partial charge in [0, 0.05) is 39.7 Å². The molecule has 0 aromatic heterocycles. The van der Waals surface area contributed by atoms with Crippen LogP contribution in [0.15, 0.2) is 24.3 Å². The molecule has 4 aliphatic rings. The summed E-state index contributed by atoms with van der Waals surface area (Å²) in [7, 11) is -0.507. The molecule has 4 heterocycles. The Kier molecular flexibility index (Phi) is 13.3. The number of benzene rings is 2. The highest BCUT2D eigenvalue weighted by Crippen LogP contribution is 2.45. The lowest BCUT2D eigenvalue weighted by molar-refractivity contribution is -0.0192. The van der Waals surface area contributed by atoms with E-state index in [1.807, 2.05) is 24.3 Å². The molecule has 0 spiro atoms. The highest BCUT2D eigenvalue weighted by atomic mass is 32.2. The number of methoxy groups -OCH3 is 2. The predicted molar refractivity (Wildman–Crippen MR) is 192 cm³/mol. The Bertz CT molecular complexity index is 1420. The Morgan fingerprint density at radius 1 is 0.755 bits per heavy atom. The first kappa shape index (κ1) is 39.2. The number of nitrogens with zero attached hydrogens (tertiary/aromatic N) is 2. The Hall–Kier alpha value is -2.61. The van der Waals surface area contributed by atoms with Crippen LogP contribution in [0.2, 0.25) is 0 Å². The molecular formula is C37H60N2O9S. The number of hydrogen-bond acceptors (Lipinski definition) is 10. The molecule has 0 aliphatic carbocycles. The van der Waals surface area contributed by atoms with Crippen LogP contribution in [0.25, 0.3) is 0 Å². The summed E-state index contributed by atoms with van der Waals surface area (Å²) in [5, 5.41) is 41.0. The van der Waals surface area contributed by atoms with Crippen molar-refractivity contribution in [1.82, 2.24) is 9.80 Å². The molecule has 0 bridgehead atoms. The molecule has 4 aliphatic heterocycles. The summed E-state index contributed by atoms with van der Waals surface area (Å²) in [6.45, 7) is 12.8. The minimum absolute atomic E-state index is 0. The van der Waals surface area contributed by atoms with Crippen LogP contribution in [0.3, 0.4) is 0 Å². The topological polar surface area (TPSA) is 160 Å². The van der Waals surface area contributed by atoms with Gasteiger partial charge in [-0.15, -0.1) is 0 Å². The van der Waals surface area contributed by atoms with E-state index in [0.717, 1.165) is 64.7 Å². The number of phenols is 2. The molecule has 0 radical (unpaired) electrons. The summed E-state index contributed by atoms with van der Waals surface area (Å²) in [6, 6.07) is 8.07. The van der Waals surface area contributed by atoms with Gasteiger partial charge in [0.15, 0.2) is 23.0 Å². The lowest BCUT2D eigenvalue weighted by atomic mass is 9.79. The van der Waals surface area contributed by atoms with Gasteiger partial charge in [-0.3, -0.25) is 14.4 Å². The molecule has 2 saturated heterocycles. The van der Waals surface area contributed by atoms with Crippen LogP contribution < -0.4 is 9.47 Å². The van der Waals surface area contributed by atoms with Crippen molar-refractivity contribution in [3.8, 4) is 23.0 Å². The lowest BCUT2D eigenvalue weighted by Gasteiger charge is -2.46. The van der Waals surface area contributed by atoms with Gasteiger partial charge in [0.05, 0.1) is 32.7 Å². The molecule has 2 aromatic rings. The number of rotatable bonds is 6. The largest absolute Gasteiger partial charge is 0.504 e. The second-order valence-electron chi connectivity index (χ2n) is 15.1. The third-order valence-electron chi connectivity index (χ3n) is 10.3. The second kappa shape index (κ2) is 16.6. The van der Waals surface area contributed by atoms with Crippen molar-refractivity contribution in [1.29, 1.82) is 0 Å². The van der Waals surface area contributed by atoms with Crippen LogP contribution in [0.1, 0.15) is 89.1 Å². The highest BCUT2D eigenvalue weighted by Gasteiger charge is 2.40. The average molecular weight is 709 g/mol. The van der Waals surface area contributed by atoms with Gasteiger partial charge >= 0.3 is 0 Å². The maximum absolute atomic E-state index is 10.6. The summed E-state index contributed by atoms with van der Waals surface area (Å²) in [4.78, 5) is 5.00. The number of hydrogen-bond donors (Lipinski definition) is 5. The summed E-state index contributed by atoms with van der Waals surface area (Å²) in [6.07, 6.45) is 5.85. The van der Waals surface area contributed by atoms with Crippen LogP contribution in [0.4, 0.5) is 0 Å². The van der Waals surface area contributed by atoms with Crippen molar-refractivity contribution < 1.29 is 44.3 Å². The van der Waals surface area contributed by atoms with Crippen LogP contribution in [-0.4, -0.2) is 102 Å². The van der Waals surface area contributed by atoms with Crippen molar-refractivity contribution in [2.45, 2.75) is 90.5 Å². The zero-order valence-electron chi connectivity index (χ0n) is 30.2. The SMILES string of the molecule is COc1cc2c(cc1O)CCN1CC(CC(C)C)[C@H](O)CC21.COc1cc2c(cc1O)CCN1C[C@H](CC(C)C)[C@H](O)CC21.CS(=O)(=O)O.[HH]. The number of aliphatic hydroxyl groups excluding tert-OH is 2. The van der Waals surface area contributed by atoms with Crippen molar-refractivity contribution in [3.05, 3.63) is 46.5 Å². The summed E-state index contributed by atoms with van der Waals surface area (Å²) >= 11 is 0. The van der Waals surface area contributed by atoms with E-state index in [9.17, 15) is 28.8 Å². The van der Waals surface area contributed by atoms with E-state index in [0.29, 0.717) is 41.4 Å². The standard InChI is InChI=1S/2C18H27NO3.CH4O3S.H2/c2*1-11(2)6-13-10-19-5-4-12-7-17(21)18(22-3)8-14(12)15(19)9-16(13)20;1-5(2,3)4;/h2*7-8,11,13,15-16,20-21H,4-6,9-10H2,1-3H3;1H3,(H,2,3,4);1H/t13?,15?,16-;13-,15?,16+;;/m10../s1. The van der Waals surface area contributed by atoms with E-state index in [1.165, 1.54) is 22.3 Å². The molecule has 3 unspecified atom stereocenters. The number of aromatic hydroxyl groups is 2. The quantitative estimate of drug-likeness (QED) is 0.251. The molecule has 12 heteroatoms. The molecular weight excluding hydrogens is 648 g/mol. The lowest BCUT2D eigenvalue weighted by Crippen LogP contribution is -2.48. The van der Waals surface area contributed by atoms with E-state index in [4.69, 9.17) is 14.0 Å². The predicted octanol–water partition coefficient (Wildman–Crippen LogP) is 5.20. The van der Waals surface area contributed by atoms with Crippen LogP contribution in [0, 0.1) is 23.7 Å². The Morgan fingerprint density at radius 3 is 1.41 bits per heavy atom. The molecule has 278 valence electrons. The van der Waals surface area contributed by atoms with E-state index in [2.05, 4.69) is 37.5 Å². The van der Waals surface area contributed by atoms with Crippen LogP contribution in [0.5, 0.6) is 23.0 Å². The Morgan fingerprint density at radius 2 is 1.10 bits per heavy atom. The van der Waals surface area contributed by atoms with Gasteiger partial charge < -0.3 is 29.9 Å². The van der Waals surface area contributed by atoms with Gasteiger partial charge in [0.2, 0.25) is 0 Å². The third kappa shape index (κ3) is 10.2. The smallest absolute Gasteiger partial charge is 0.261 e. The number of ether oxygens (including phenoxy) is 2. The van der Waals surface area contributed by atoms with Crippen molar-refractivity contribution in [2.75, 3.05) is 46.7 Å². The first-order valence-corrected chi connectivity index (χ1v) is 19.4. The first-order chi connectivity index (χ1) is 23.0. The monoisotopic (exact) mass is 708 g/mol. The van der Waals surface area contributed by atoms with Crippen molar-refractivity contribution in [3.63, 3.8) is 0 Å². The Labute approximate surface area is 294 Å². The maximum Gasteiger partial charge on any atom is 0.261 e. The fraction of sp³-hybridized carbons (Fsp3) is 0.676. The van der Waals surface area contributed by atoms with Gasteiger partial charge in [0.1, 0.15) is 0 Å². The number of phenolic OH excluding ortho intramolecular Hbond substituents is 2. The van der Waals surface area contributed by atoms with Crippen molar-refractivity contribution >= 4 is 10.1 Å². The normalized spacial score (nSPS) is 26.6. The zero-order valence-corrected chi connectivity index (χ0v) is 31.0. The Balaban J connectivity index is 0.000000234. The molecule has 6 atom stereocenters. The second-order valence-corrected chi connectivity index (χ2v) is 16.6. The molecule has 0 amide bonds. The first-order valence-electron chi connectivity index (χ1n) is 17.5. The minimum Gasteiger partial charge on any atom is -0.504 e. The third-order valence-corrected chi connectivity index (χ3v) is 10.3. The summed E-state index contributed by atoms with van der Waals surface area (Å²) < 4.78 is 36.4. The average Bonchev–Trinajstić information content (AvgIpc) is 3.00. The van der Waals surface area contributed by atoms with E-state index >= 15 is 0 Å². The van der Waals surface area contributed by atoms with E-state index < -0.39 is 10.1 Å². The minimum atomic E-state index is -3.67. The molecule has 11 nitrogen and oxygen atoms in total. The molecule has 5 N–H and O–H groups in total. The molecule has 2 fully saturated rings. The fourth-order valence-electron chi connectivity index (χ4n) is 8.22. The van der Waals surface area contributed by atoms with Gasteiger partial charge in [-0.1, -0.05) is 27.7 Å². The van der Waals surface area contributed by atoms with E-state index in [1.54, 1.807) is 14.2 Å². The molecule has 6 rings (SSSR count). The number of piperidine rings is 2. The highest BCUT2D eigenvalue weighted by molar-refractivity contribution is 7.85. The van der Waals surface area contributed by atoms with Gasteiger partial charge in [0.25, 0.3) is 10.1 Å². The molecule has 49 heavy (non-hydrogen) atoms. The van der Waals surface area contributed by atoms with Crippen LogP contribution in [-0.2, 0) is 23.0 Å². The number of aliphatic hydroxyl groups is 2. The number of fused-ring (bicyclic) bond motifs is 6. The summed E-state index contributed by atoms with van der Waals surface area (Å²) in [5.74, 6) is 3.45.